The highest BCUT2D eigenvalue weighted by atomic mass is 16.4. The van der Waals surface area contributed by atoms with E-state index in [0.717, 1.165) is 4.90 Å². The number of amides is 3. The van der Waals surface area contributed by atoms with E-state index in [1.54, 1.807) is 11.8 Å². The monoisotopic (exact) mass is 257 g/mol. The lowest BCUT2D eigenvalue weighted by molar-refractivity contribution is -0.147. The fourth-order valence-corrected chi connectivity index (χ4v) is 2.48. The van der Waals surface area contributed by atoms with E-state index in [-0.39, 0.29) is 31.6 Å². The maximum absolute atomic E-state index is 12.0. The Bertz CT molecular complexity index is 399. The first-order valence-electron chi connectivity index (χ1n) is 5.69. The Morgan fingerprint density at radius 1 is 1.17 bits per heavy atom. The van der Waals surface area contributed by atoms with Crippen LogP contribution in [0, 0.1) is 0 Å². The quantitative estimate of drug-likeness (QED) is 0.612. The topological polar surface area (TPSA) is 101 Å². The smallest absolute Gasteiger partial charge is 0.408 e. The summed E-state index contributed by atoms with van der Waals surface area (Å²) in [7, 11) is 0. The van der Waals surface area contributed by atoms with Gasteiger partial charge in [-0.05, 0) is 6.92 Å². The lowest BCUT2D eigenvalue weighted by Gasteiger charge is -2.47. The third-order valence-electron chi connectivity index (χ3n) is 3.51. The highest BCUT2D eigenvalue weighted by Crippen LogP contribution is 2.20. The van der Waals surface area contributed by atoms with Crippen LogP contribution in [0.2, 0.25) is 0 Å². The molecule has 0 saturated carbocycles. The van der Waals surface area contributed by atoms with Crippen molar-refractivity contribution in [3.05, 3.63) is 0 Å². The summed E-state index contributed by atoms with van der Waals surface area (Å²) >= 11 is 0. The minimum atomic E-state index is -1.15. The number of hydrogen-bond acceptors (Lipinski definition) is 3. The second kappa shape index (κ2) is 4.35. The molecule has 3 amide bonds. The average Bonchev–Trinajstić information content (AvgIpc) is 2.32. The Hall–Kier alpha value is -1.99. The molecular formula is C10H15N3O5. The van der Waals surface area contributed by atoms with Crippen LogP contribution in [0.5, 0.6) is 0 Å². The summed E-state index contributed by atoms with van der Waals surface area (Å²) < 4.78 is 0. The summed E-state index contributed by atoms with van der Waals surface area (Å²) in [6, 6.07) is -1.08. The van der Waals surface area contributed by atoms with Gasteiger partial charge in [0.1, 0.15) is 6.04 Å². The molecule has 2 aliphatic rings. The van der Waals surface area contributed by atoms with Gasteiger partial charge in [0.15, 0.2) is 0 Å². The van der Waals surface area contributed by atoms with Crippen LogP contribution in [-0.2, 0) is 4.79 Å². The SMILES string of the molecule is C[C@H]1C(=O)N2CCN(C(=O)O)CC2CN1C(=O)O. The zero-order chi connectivity index (χ0) is 13.4. The van der Waals surface area contributed by atoms with E-state index in [1.807, 2.05) is 0 Å². The molecule has 2 saturated heterocycles. The molecule has 0 aromatic carbocycles. The molecule has 8 nitrogen and oxygen atoms in total. The maximum Gasteiger partial charge on any atom is 0.408 e. The third kappa shape index (κ3) is 1.93. The number of rotatable bonds is 0. The molecular weight excluding hydrogens is 242 g/mol. The first-order valence-corrected chi connectivity index (χ1v) is 5.69. The van der Waals surface area contributed by atoms with Crippen LogP contribution in [0.25, 0.3) is 0 Å². The predicted octanol–water partition coefficient (Wildman–Crippen LogP) is -0.441. The lowest BCUT2D eigenvalue weighted by Crippen LogP contribution is -2.68. The van der Waals surface area contributed by atoms with Gasteiger partial charge in [-0.3, -0.25) is 9.69 Å². The number of piperazine rings is 2. The third-order valence-corrected chi connectivity index (χ3v) is 3.51. The molecule has 2 heterocycles. The second-order valence-corrected chi connectivity index (χ2v) is 4.52. The fourth-order valence-electron chi connectivity index (χ4n) is 2.48. The largest absolute Gasteiger partial charge is 0.465 e. The highest BCUT2D eigenvalue weighted by Gasteiger charge is 2.43. The molecule has 8 heteroatoms. The van der Waals surface area contributed by atoms with E-state index in [1.165, 1.54) is 4.90 Å². The number of hydrogen-bond donors (Lipinski definition) is 2. The van der Waals surface area contributed by atoms with Gasteiger partial charge in [-0.15, -0.1) is 0 Å². The van der Waals surface area contributed by atoms with Gasteiger partial charge in [-0.25, -0.2) is 9.59 Å². The second-order valence-electron chi connectivity index (χ2n) is 4.52. The maximum atomic E-state index is 12.0. The van der Waals surface area contributed by atoms with Crippen molar-refractivity contribution in [3.8, 4) is 0 Å². The standard InChI is InChI=1S/C10H15N3O5/c1-6-8(14)12-3-2-11(9(15)16)4-7(12)5-13(6)10(17)18/h6-7H,2-5H2,1H3,(H,15,16)(H,17,18)/t6-,7?/m0/s1. The van der Waals surface area contributed by atoms with Crippen molar-refractivity contribution in [2.75, 3.05) is 26.2 Å². The average molecular weight is 257 g/mol. The van der Waals surface area contributed by atoms with Gasteiger partial charge in [0, 0.05) is 26.2 Å². The van der Waals surface area contributed by atoms with Gasteiger partial charge in [-0.1, -0.05) is 0 Å². The molecule has 2 aliphatic heterocycles. The Kier molecular flexibility index (Phi) is 3.02. The summed E-state index contributed by atoms with van der Waals surface area (Å²) in [5.74, 6) is -0.251. The van der Waals surface area contributed by atoms with E-state index in [4.69, 9.17) is 10.2 Å². The Labute approximate surface area is 103 Å². The Morgan fingerprint density at radius 3 is 2.39 bits per heavy atom. The van der Waals surface area contributed by atoms with Crippen LogP contribution in [0.1, 0.15) is 6.92 Å². The van der Waals surface area contributed by atoms with E-state index in [0.29, 0.717) is 6.54 Å². The predicted molar refractivity (Wildman–Crippen MR) is 59.3 cm³/mol. The van der Waals surface area contributed by atoms with Crippen molar-refractivity contribution in [2.24, 2.45) is 0 Å². The van der Waals surface area contributed by atoms with E-state index in [9.17, 15) is 14.4 Å². The van der Waals surface area contributed by atoms with Crippen molar-refractivity contribution in [2.45, 2.75) is 19.0 Å². The normalized spacial score (nSPS) is 28.1. The minimum Gasteiger partial charge on any atom is -0.465 e. The van der Waals surface area contributed by atoms with Gasteiger partial charge in [0.25, 0.3) is 0 Å². The zero-order valence-corrected chi connectivity index (χ0v) is 9.94. The molecule has 2 atom stereocenters. The van der Waals surface area contributed by atoms with E-state index < -0.39 is 18.2 Å². The van der Waals surface area contributed by atoms with E-state index >= 15 is 0 Å². The molecule has 0 aromatic heterocycles. The van der Waals surface area contributed by atoms with Gasteiger partial charge in [-0.2, -0.15) is 0 Å². The summed E-state index contributed by atoms with van der Waals surface area (Å²) in [6.45, 7) is 2.48. The molecule has 0 spiro atoms. The molecule has 2 rings (SSSR count). The Morgan fingerprint density at radius 2 is 1.83 bits per heavy atom. The first kappa shape index (κ1) is 12.5. The van der Waals surface area contributed by atoms with Crippen molar-refractivity contribution in [1.82, 2.24) is 14.7 Å². The molecule has 0 aliphatic carbocycles. The number of carboxylic acid groups (broad SMARTS) is 2. The van der Waals surface area contributed by atoms with Crippen LogP contribution in [-0.4, -0.2) is 81.3 Å². The zero-order valence-electron chi connectivity index (χ0n) is 9.94. The summed E-state index contributed by atoms with van der Waals surface area (Å²) in [5, 5.41) is 17.9. The minimum absolute atomic E-state index is 0.159. The molecule has 1 unspecified atom stereocenters. The van der Waals surface area contributed by atoms with Crippen LogP contribution in [0.4, 0.5) is 9.59 Å². The van der Waals surface area contributed by atoms with Crippen LogP contribution < -0.4 is 0 Å². The van der Waals surface area contributed by atoms with E-state index in [2.05, 4.69) is 0 Å². The van der Waals surface area contributed by atoms with Gasteiger partial charge >= 0.3 is 12.2 Å². The number of carbonyl (C=O) groups is 3. The summed E-state index contributed by atoms with van der Waals surface area (Å²) in [6.07, 6.45) is -2.19. The van der Waals surface area contributed by atoms with Crippen LogP contribution >= 0.6 is 0 Å². The summed E-state index contributed by atoms with van der Waals surface area (Å²) in [4.78, 5) is 37.8. The molecule has 2 N–H and O–H groups in total. The fraction of sp³-hybridized carbons (Fsp3) is 0.700. The lowest BCUT2D eigenvalue weighted by atomic mass is 10.0. The molecule has 0 bridgehead atoms. The molecule has 18 heavy (non-hydrogen) atoms. The van der Waals surface area contributed by atoms with Crippen molar-refractivity contribution >= 4 is 18.1 Å². The van der Waals surface area contributed by atoms with Crippen LogP contribution in [0.3, 0.4) is 0 Å². The summed E-state index contributed by atoms with van der Waals surface area (Å²) in [5.41, 5.74) is 0. The first-order chi connectivity index (χ1) is 8.41. The number of carbonyl (C=O) groups excluding carboxylic acids is 1. The van der Waals surface area contributed by atoms with Gasteiger partial charge in [0.05, 0.1) is 6.04 Å². The molecule has 0 aromatic rings. The van der Waals surface area contributed by atoms with Crippen LogP contribution in [0.15, 0.2) is 0 Å². The highest BCUT2D eigenvalue weighted by molar-refractivity contribution is 5.86. The molecule has 2 fully saturated rings. The number of nitrogens with zero attached hydrogens (tertiary/aromatic N) is 3. The van der Waals surface area contributed by atoms with Crippen molar-refractivity contribution in [3.63, 3.8) is 0 Å². The van der Waals surface area contributed by atoms with Gasteiger partial charge in [0.2, 0.25) is 5.91 Å². The Balaban J connectivity index is 2.15. The van der Waals surface area contributed by atoms with Crippen molar-refractivity contribution in [1.29, 1.82) is 0 Å². The molecule has 100 valence electrons. The van der Waals surface area contributed by atoms with Crippen molar-refractivity contribution < 1.29 is 24.6 Å². The molecule has 0 radical (unpaired) electrons. The number of fused-ring (bicyclic) bond motifs is 1. The van der Waals surface area contributed by atoms with Gasteiger partial charge < -0.3 is 20.0 Å².